The van der Waals surface area contributed by atoms with E-state index in [1.54, 1.807) is 16.1 Å². The van der Waals surface area contributed by atoms with Crippen LogP contribution in [0.4, 0.5) is 0 Å². The summed E-state index contributed by atoms with van der Waals surface area (Å²) in [6.45, 7) is 6.76. The predicted octanol–water partition coefficient (Wildman–Crippen LogP) is 4.92. The van der Waals surface area contributed by atoms with Crippen LogP contribution in [0.1, 0.15) is 48.0 Å². The van der Waals surface area contributed by atoms with Crippen molar-refractivity contribution < 1.29 is 14.0 Å². The Bertz CT molecular complexity index is 964. The van der Waals surface area contributed by atoms with Crippen molar-refractivity contribution in [2.45, 2.75) is 46.3 Å². The van der Waals surface area contributed by atoms with Gasteiger partial charge in [0, 0.05) is 18.2 Å². The quantitative estimate of drug-likeness (QED) is 0.496. The number of hydrogen-bond donors (Lipinski definition) is 0. The lowest BCUT2D eigenvalue weighted by atomic mass is 10.1. The third-order valence-electron chi connectivity index (χ3n) is 5.29. The summed E-state index contributed by atoms with van der Waals surface area (Å²) in [4.78, 5) is 29.8. The normalized spacial score (nSPS) is 10.8. The number of nitrogens with zero attached hydrogens (tertiary/aromatic N) is 2. The molecule has 0 N–H and O–H groups in total. The molecule has 1 heterocycles. The second-order valence-corrected chi connectivity index (χ2v) is 7.89. The molecule has 0 aliphatic rings. The molecule has 5 nitrogen and oxygen atoms in total. The lowest BCUT2D eigenvalue weighted by molar-refractivity contribution is -0.133. The highest BCUT2D eigenvalue weighted by molar-refractivity contribution is 5.96. The first-order valence-electron chi connectivity index (χ1n) is 10.7. The molecule has 0 spiro atoms. The van der Waals surface area contributed by atoms with Crippen LogP contribution in [0, 0.1) is 0 Å². The molecule has 0 aliphatic carbocycles. The third kappa shape index (κ3) is 6.07. The van der Waals surface area contributed by atoms with Gasteiger partial charge in [0.25, 0.3) is 5.91 Å². The summed E-state index contributed by atoms with van der Waals surface area (Å²) < 4.78 is 5.47. The van der Waals surface area contributed by atoms with Crippen LogP contribution < -0.4 is 0 Å². The van der Waals surface area contributed by atoms with E-state index >= 15 is 0 Å². The average Bonchev–Trinajstić information content (AvgIpc) is 3.30. The van der Waals surface area contributed by atoms with Crippen molar-refractivity contribution >= 4 is 11.8 Å². The van der Waals surface area contributed by atoms with E-state index in [1.807, 2.05) is 80.6 Å². The summed E-state index contributed by atoms with van der Waals surface area (Å²) >= 11 is 0. The van der Waals surface area contributed by atoms with Gasteiger partial charge in [-0.25, -0.2) is 0 Å². The van der Waals surface area contributed by atoms with Gasteiger partial charge in [0.05, 0.1) is 12.8 Å². The van der Waals surface area contributed by atoms with Gasteiger partial charge in [-0.2, -0.15) is 0 Å². The maximum absolute atomic E-state index is 13.3. The molecule has 2 aromatic carbocycles. The molecule has 2 amide bonds. The van der Waals surface area contributed by atoms with Crippen molar-refractivity contribution in [3.8, 4) is 0 Å². The van der Waals surface area contributed by atoms with Gasteiger partial charge in [0.2, 0.25) is 5.91 Å². The molecular weight excluding hydrogens is 388 g/mol. The molecule has 0 aliphatic heterocycles. The fourth-order valence-corrected chi connectivity index (χ4v) is 3.41. The lowest BCUT2D eigenvalue weighted by Gasteiger charge is -2.30. The van der Waals surface area contributed by atoms with Crippen LogP contribution in [0.3, 0.4) is 0 Å². The van der Waals surface area contributed by atoms with Gasteiger partial charge in [-0.15, -0.1) is 0 Å². The van der Waals surface area contributed by atoms with Gasteiger partial charge in [-0.05, 0) is 55.7 Å². The van der Waals surface area contributed by atoms with Gasteiger partial charge >= 0.3 is 0 Å². The topological polar surface area (TPSA) is 53.8 Å². The minimum atomic E-state index is -0.135. The van der Waals surface area contributed by atoms with Crippen LogP contribution in [0.2, 0.25) is 0 Å². The largest absolute Gasteiger partial charge is 0.467 e. The summed E-state index contributed by atoms with van der Waals surface area (Å²) in [5, 5.41) is 0. The maximum Gasteiger partial charge on any atom is 0.254 e. The molecule has 3 rings (SSSR count). The van der Waals surface area contributed by atoms with Crippen LogP contribution in [0.15, 0.2) is 77.4 Å². The monoisotopic (exact) mass is 418 g/mol. The van der Waals surface area contributed by atoms with Crippen molar-refractivity contribution in [3.63, 3.8) is 0 Å². The average molecular weight is 419 g/mol. The lowest BCUT2D eigenvalue weighted by Crippen LogP contribution is -2.45. The van der Waals surface area contributed by atoms with E-state index < -0.39 is 0 Å². The van der Waals surface area contributed by atoms with Crippen molar-refractivity contribution in [1.82, 2.24) is 9.80 Å². The van der Waals surface area contributed by atoms with E-state index in [2.05, 4.69) is 6.92 Å². The zero-order chi connectivity index (χ0) is 22.2. The van der Waals surface area contributed by atoms with Gasteiger partial charge in [0.1, 0.15) is 12.3 Å². The highest BCUT2D eigenvalue weighted by atomic mass is 16.3. The molecule has 31 heavy (non-hydrogen) atoms. The summed E-state index contributed by atoms with van der Waals surface area (Å²) in [7, 11) is 0. The third-order valence-corrected chi connectivity index (χ3v) is 5.29. The Morgan fingerprint density at radius 1 is 0.871 bits per heavy atom. The molecule has 0 unspecified atom stereocenters. The molecule has 0 fully saturated rings. The van der Waals surface area contributed by atoms with Crippen LogP contribution in [-0.2, 0) is 24.3 Å². The summed E-state index contributed by atoms with van der Waals surface area (Å²) in [5.74, 6) is 0.456. The van der Waals surface area contributed by atoms with Gasteiger partial charge in [-0.1, -0.05) is 49.4 Å². The first-order chi connectivity index (χ1) is 15.0. The molecule has 0 atom stereocenters. The molecular formula is C26H30N2O3. The van der Waals surface area contributed by atoms with E-state index in [0.29, 0.717) is 24.4 Å². The summed E-state index contributed by atoms with van der Waals surface area (Å²) in [6, 6.07) is 21.0. The Morgan fingerprint density at radius 3 is 2.16 bits per heavy atom. The predicted molar refractivity (Wildman–Crippen MR) is 121 cm³/mol. The smallest absolute Gasteiger partial charge is 0.254 e. The van der Waals surface area contributed by atoms with Crippen LogP contribution >= 0.6 is 0 Å². The number of furan rings is 1. The molecule has 1 aromatic heterocycles. The summed E-state index contributed by atoms with van der Waals surface area (Å²) in [5.41, 5.74) is 2.80. The Balaban J connectivity index is 1.78. The number of aryl methyl sites for hydroxylation is 1. The number of hydrogen-bond acceptors (Lipinski definition) is 3. The maximum atomic E-state index is 13.3. The Morgan fingerprint density at radius 2 is 1.58 bits per heavy atom. The standard InChI is InChI=1S/C26H30N2O3/c1-4-21-12-14-23(15-13-21)26(30)28(20(2)3)19-25(29)27(18-24-11-8-16-31-24)17-22-9-6-5-7-10-22/h5-16,20H,4,17-19H2,1-3H3. The minimum Gasteiger partial charge on any atom is -0.467 e. The van der Waals surface area contributed by atoms with Crippen molar-refractivity contribution in [1.29, 1.82) is 0 Å². The van der Waals surface area contributed by atoms with E-state index in [0.717, 1.165) is 12.0 Å². The molecule has 0 radical (unpaired) electrons. The van der Waals surface area contributed by atoms with Crippen molar-refractivity contribution in [3.05, 3.63) is 95.4 Å². The van der Waals surface area contributed by atoms with E-state index in [-0.39, 0.29) is 24.4 Å². The highest BCUT2D eigenvalue weighted by Gasteiger charge is 2.25. The van der Waals surface area contributed by atoms with Gasteiger partial charge in [-0.3, -0.25) is 9.59 Å². The van der Waals surface area contributed by atoms with Gasteiger partial charge < -0.3 is 14.2 Å². The van der Waals surface area contributed by atoms with E-state index in [4.69, 9.17) is 4.42 Å². The Kier molecular flexibility index (Phi) is 7.65. The van der Waals surface area contributed by atoms with Crippen molar-refractivity contribution in [2.24, 2.45) is 0 Å². The minimum absolute atomic E-state index is 0.0135. The summed E-state index contributed by atoms with van der Waals surface area (Å²) in [6.07, 6.45) is 2.52. The molecule has 0 saturated carbocycles. The SMILES string of the molecule is CCc1ccc(C(=O)N(CC(=O)N(Cc2ccccc2)Cc2ccco2)C(C)C)cc1. The molecule has 3 aromatic rings. The van der Waals surface area contributed by atoms with E-state index in [9.17, 15) is 9.59 Å². The molecule has 0 bridgehead atoms. The second-order valence-electron chi connectivity index (χ2n) is 7.89. The number of benzene rings is 2. The first-order valence-corrected chi connectivity index (χ1v) is 10.7. The number of amides is 2. The van der Waals surface area contributed by atoms with Crippen LogP contribution in [0.5, 0.6) is 0 Å². The fourth-order valence-electron chi connectivity index (χ4n) is 3.41. The van der Waals surface area contributed by atoms with Crippen LogP contribution in [0.25, 0.3) is 0 Å². The fraction of sp³-hybridized carbons (Fsp3) is 0.308. The number of carbonyl (C=O) groups excluding carboxylic acids is 2. The Hall–Kier alpha value is -3.34. The molecule has 162 valence electrons. The Labute approximate surface area is 184 Å². The van der Waals surface area contributed by atoms with Gasteiger partial charge in [0.15, 0.2) is 0 Å². The number of carbonyl (C=O) groups is 2. The van der Waals surface area contributed by atoms with Crippen LogP contribution in [-0.4, -0.2) is 34.2 Å². The van der Waals surface area contributed by atoms with Crippen molar-refractivity contribution in [2.75, 3.05) is 6.54 Å². The van der Waals surface area contributed by atoms with E-state index in [1.165, 1.54) is 5.56 Å². The number of rotatable bonds is 9. The first kappa shape index (κ1) is 22.3. The highest BCUT2D eigenvalue weighted by Crippen LogP contribution is 2.15. The zero-order valence-corrected chi connectivity index (χ0v) is 18.5. The second kappa shape index (κ2) is 10.6. The molecule has 0 saturated heterocycles. The molecule has 5 heteroatoms. The zero-order valence-electron chi connectivity index (χ0n) is 18.5.